The molecule has 0 aliphatic carbocycles. The minimum absolute atomic E-state index is 0.136. The van der Waals surface area contributed by atoms with E-state index in [2.05, 4.69) is 34.5 Å². The lowest BCUT2D eigenvalue weighted by Crippen LogP contribution is -2.26. The second-order valence-corrected chi connectivity index (χ2v) is 4.19. The van der Waals surface area contributed by atoms with Gasteiger partial charge in [-0.1, -0.05) is 31.2 Å². The Morgan fingerprint density at radius 3 is 2.50 bits per heavy atom. The number of H-pyrrole nitrogens is 1. The number of hydrogen-bond acceptors (Lipinski definition) is 3. The molecular weight excluding hydrogens is 228 g/mol. The molecule has 0 aliphatic rings. The van der Waals surface area contributed by atoms with Gasteiger partial charge in [0.1, 0.15) is 0 Å². The maximum Gasteiger partial charge on any atom is 0.276 e. The fourth-order valence-electron chi connectivity index (χ4n) is 1.73. The van der Waals surface area contributed by atoms with Crippen molar-refractivity contribution in [3.63, 3.8) is 0 Å². The van der Waals surface area contributed by atoms with Crippen LogP contribution in [0.2, 0.25) is 0 Å². The lowest BCUT2D eigenvalue weighted by atomic mass is 10.1. The van der Waals surface area contributed by atoms with Gasteiger partial charge in [0.05, 0.1) is 6.20 Å². The van der Waals surface area contributed by atoms with Gasteiger partial charge in [-0.25, -0.2) is 0 Å². The van der Waals surface area contributed by atoms with Crippen molar-refractivity contribution in [1.82, 2.24) is 20.3 Å². The molecule has 0 radical (unpaired) electrons. The lowest BCUT2D eigenvalue weighted by molar-refractivity contribution is 0.0779. The SMILES string of the molecule is CCc1ccc(CN(C)C(=O)c2cn[nH]n2)cc1. The quantitative estimate of drug-likeness (QED) is 0.889. The Morgan fingerprint density at radius 1 is 1.28 bits per heavy atom. The van der Waals surface area contributed by atoms with Crippen LogP contribution in [-0.4, -0.2) is 33.3 Å². The van der Waals surface area contributed by atoms with Crippen LogP contribution >= 0.6 is 0 Å². The van der Waals surface area contributed by atoms with Gasteiger partial charge in [-0.2, -0.15) is 15.4 Å². The minimum atomic E-state index is -0.136. The molecule has 0 unspecified atom stereocenters. The highest BCUT2D eigenvalue weighted by molar-refractivity contribution is 5.91. The Hall–Kier alpha value is -2.17. The molecule has 0 atom stereocenters. The van der Waals surface area contributed by atoms with E-state index >= 15 is 0 Å². The summed E-state index contributed by atoms with van der Waals surface area (Å²) in [5.74, 6) is -0.136. The number of carbonyl (C=O) groups excluding carboxylic acids is 1. The third kappa shape index (κ3) is 2.74. The molecule has 2 aromatic rings. The Balaban J connectivity index is 2.02. The molecule has 1 amide bonds. The first-order valence-electron chi connectivity index (χ1n) is 5.89. The highest BCUT2D eigenvalue weighted by Crippen LogP contribution is 2.08. The third-order valence-electron chi connectivity index (χ3n) is 2.83. The Labute approximate surface area is 106 Å². The van der Waals surface area contributed by atoms with Crippen LogP contribution in [0.25, 0.3) is 0 Å². The summed E-state index contributed by atoms with van der Waals surface area (Å²) in [7, 11) is 1.75. The average Bonchev–Trinajstić information content (AvgIpc) is 2.92. The van der Waals surface area contributed by atoms with Crippen LogP contribution in [0.4, 0.5) is 0 Å². The van der Waals surface area contributed by atoms with Gasteiger partial charge in [0, 0.05) is 13.6 Å². The summed E-state index contributed by atoms with van der Waals surface area (Å²) >= 11 is 0. The molecule has 1 aromatic carbocycles. The largest absolute Gasteiger partial charge is 0.336 e. The van der Waals surface area contributed by atoms with Crippen LogP contribution in [0.15, 0.2) is 30.5 Å². The van der Waals surface area contributed by atoms with E-state index in [1.165, 1.54) is 11.8 Å². The van der Waals surface area contributed by atoms with Gasteiger partial charge in [0.25, 0.3) is 5.91 Å². The zero-order valence-corrected chi connectivity index (χ0v) is 10.6. The molecule has 0 spiro atoms. The summed E-state index contributed by atoms with van der Waals surface area (Å²) in [4.78, 5) is 13.6. The van der Waals surface area contributed by atoms with Gasteiger partial charge >= 0.3 is 0 Å². The Bertz CT molecular complexity index is 504. The van der Waals surface area contributed by atoms with E-state index in [0.29, 0.717) is 12.2 Å². The van der Waals surface area contributed by atoms with Crippen LogP contribution in [-0.2, 0) is 13.0 Å². The summed E-state index contributed by atoms with van der Waals surface area (Å²) in [5, 5.41) is 9.85. The van der Waals surface area contributed by atoms with Crippen LogP contribution in [0, 0.1) is 0 Å². The van der Waals surface area contributed by atoms with Crippen molar-refractivity contribution >= 4 is 5.91 Å². The summed E-state index contributed by atoms with van der Waals surface area (Å²) in [6.45, 7) is 2.69. The van der Waals surface area contributed by atoms with Gasteiger partial charge in [-0.05, 0) is 17.5 Å². The molecule has 0 aliphatic heterocycles. The maximum atomic E-state index is 11.9. The highest BCUT2D eigenvalue weighted by Gasteiger charge is 2.14. The van der Waals surface area contributed by atoms with E-state index in [4.69, 9.17) is 0 Å². The molecule has 0 fully saturated rings. The number of hydrogen-bond donors (Lipinski definition) is 1. The van der Waals surface area contributed by atoms with Crippen LogP contribution < -0.4 is 0 Å². The number of aryl methyl sites for hydroxylation is 1. The predicted octanol–water partition coefficient (Wildman–Crippen LogP) is 1.64. The number of aromatic nitrogens is 3. The number of carbonyl (C=O) groups is 1. The fraction of sp³-hybridized carbons (Fsp3) is 0.308. The van der Waals surface area contributed by atoms with Crippen molar-refractivity contribution in [2.24, 2.45) is 0 Å². The molecule has 5 nitrogen and oxygen atoms in total. The van der Waals surface area contributed by atoms with E-state index in [9.17, 15) is 4.79 Å². The normalized spacial score (nSPS) is 10.3. The topological polar surface area (TPSA) is 61.9 Å². The van der Waals surface area contributed by atoms with Gasteiger partial charge in [0.15, 0.2) is 5.69 Å². The van der Waals surface area contributed by atoms with E-state index in [1.807, 2.05) is 12.1 Å². The first-order valence-corrected chi connectivity index (χ1v) is 5.89. The molecule has 0 bridgehead atoms. The molecule has 18 heavy (non-hydrogen) atoms. The lowest BCUT2D eigenvalue weighted by Gasteiger charge is -2.15. The first-order chi connectivity index (χ1) is 8.70. The van der Waals surface area contributed by atoms with Gasteiger partial charge in [0.2, 0.25) is 0 Å². The molecule has 1 N–H and O–H groups in total. The van der Waals surface area contributed by atoms with Gasteiger partial charge in [-0.15, -0.1) is 0 Å². The molecule has 1 heterocycles. The van der Waals surface area contributed by atoms with Crippen molar-refractivity contribution in [2.45, 2.75) is 19.9 Å². The van der Waals surface area contributed by atoms with E-state index in [0.717, 1.165) is 12.0 Å². The standard InChI is InChI=1S/C13H16N4O/c1-3-10-4-6-11(7-5-10)9-17(2)13(18)12-8-14-16-15-12/h4-8H,3,9H2,1-2H3,(H,14,15,16). The number of amides is 1. The zero-order chi connectivity index (χ0) is 13.0. The number of aromatic amines is 1. The van der Waals surface area contributed by atoms with Gasteiger partial charge < -0.3 is 4.90 Å². The molecule has 0 saturated heterocycles. The van der Waals surface area contributed by atoms with Crippen molar-refractivity contribution in [3.05, 3.63) is 47.3 Å². The number of nitrogens with zero attached hydrogens (tertiary/aromatic N) is 3. The second kappa shape index (κ2) is 5.44. The van der Waals surface area contributed by atoms with Crippen molar-refractivity contribution in [1.29, 1.82) is 0 Å². The minimum Gasteiger partial charge on any atom is -0.336 e. The second-order valence-electron chi connectivity index (χ2n) is 4.19. The zero-order valence-electron chi connectivity index (χ0n) is 10.6. The van der Waals surface area contributed by atoms with Crippen LogP contribution in [0.5, 0.6) is 0 Å². The highest BCUT2D eigenvalue weighted by atomic mass is 16.2. The summed E-state index contributed by atoms with van der Waals surface area (Å²) in [5.41, 5.74) is 2.73. The summed E-state index contributed by atoms with van der Waals surface area (Å²) in [6, 6.07) is 8.27. The fourth-order valence-corrected chi connectivity index (χ4v) is 1.73. The molecular formula is C13H16N4O. The van der Waals surface area contributed by atoms with Crippen LogP contribution in [0.1, 0.15) is 28.5 Å². The monoisotopic (exact) mass is 244 g/mol. The smallest absolute Gasteiger partial charge is 0.276 e. The van der Waals surface area contributed by atoms with Crippen LogP contribution in [0.3, 0.4) is 0 Å². The molecule has 94 valence electrons. The summed E-state index contributed by atoms with van der Waals surface area (Å²) < 4.78 is 0. The molecule has 5 heteroatoms. The number of benzene rings is 1. The number of rotatable bonds is 4. The van der Waals surface area contributed by atoms with Crippen molar-refractivity contribution in [2.75, 3.05) is 7.05 Å². The van der Waals surface area contributed by atoms with E-state index in [-0.39, 0.29) is 5.91 Å². The molecule has 1 aromatic heterocycles. The number of nitrogens with one attached hydrogen (secondary N) is 1. The first kappa shape index (κ1) is 12.3. The van der Waals surface area contributed by atoms with Gasteiger partial charge in [-0.3, -0.25) is 4.79 Å². The van der Waals surface area contributed by atoms with E-state index in [1.54, 1.807) is 11.9 Å². The van der Waals surface area contributed by atoms with E-state index < -0.39 is 0 Å². The maximum absolute atomic E-state index is 11.9. The van der Waals surface area contributed by atoms with Crippen molar-refractivity contribution < 1.29 is 4.79 Å². The predicted molar refractivity (Wildman–Crippen MR) is 68.0 cm³/mol. The average molecular weight is 244 g/mol. The molecule has 0 saturated carbocycles. The Kier molecular flexibility index (Phi) is 3.72. The Morgan fingerprint density at radius 2 is 1.94 bits per heavy atom. The molecule has 2 rings (SSSR count). The summed E-state index contributed by atoms with van der Waals surface area (Å²) in [6.07, 6.45) is 2.45. The van der Waals surface area contributed by atoms with Crippen molar-refractivity contribution in [3.8, 4) is 0 Å². The third-order valence-corrected chi connectivity index (χ3v) is 2.83.